The molecule has 118 valence electrons. The predicted molar refractivity (Wildman–Crippen MR) is 85.4 cm³/mol. The van der Waals surface area contributed by atoms with Crippen LogP contribution in [0.1, 0.15) is 21.5 Å². The molecular formula is C17H15NO5. The van der Waals surface area contributed by atoms with Gasteiger partial charge >= 0.3 is 5.97 Å². The summed E-state index contributed by atoms with van der Waals surface area (Å²) in [5, 5.41) is 9.58. The molecular weight excluding hydrogens is 298 g/mol. The third kappa shape index (κ3) is 2.55. The first-order chi connectivity index (χ1) is 11.0. The van der Waals surface area contributed by atoms with Gasteiger partial charge in [0.1, 0.15) is 11.5 Å². The van der Waals surface area contributed by atoms with E-state index in [9.17, 15) is 9.90 Å². The molecule has 3 rings (SSSR count). The van der Waals surface area contributed by atoms with Crippen molar-refractivity contribution in [3.63, 3.8) is 0 Å². The van der Waals surface area contributed by atoms with E-state index in [1.54, 1.807) is 24.3 Å². The van der Waals surface area contributed by atoms with Crippen LogP contribution in [0.15, 0.2) is 30.3 Å². The lowest BCUT2D eigenvalue weighted by Gasteiger charge is -2.08. The maximum absolute atomic E-state index is 12.0. The molecule has 2 aromatic carbocycles. The SMILES string of the molecule is COc1cc2c(cc1OC)C(=Cc1cc(O)ccc1N)OC2=O. The second-order valence-electron chi connectivity index (χ2n) is 4.96. The van der Waals surface area contributed by atoms with E-state index in [1.165, 1.54) is 26.4 Å². The molecule has 0 radical (unpaired) electrons. The number of nitrogen functional groups attached to an aromatic ring is 1. The second-order valence-corrected chi connectivity index (χ2v) is 4.96. The zero-order chi connectivity index (χ0) is 16.6. The van der Waals surface area contributed by atoms with E-state index in [-0.39, 0.29) is 5.75 Å². The summed E-state index contributed by atoms with van der Waals surface area (Å²) in [5.41, 5.74) is 7.85. The Balaban J connectivity index is 2.14. The van der Waals surface area contributed by atoms with Crippen LogP contribution in [0.4, 0.5) is 5.69 Å². The minimum absolute atomic E-state index is 0.0721. The molecule has 1 aliphatic heterocycles. The highest BCUT2D eigenvalue weighted by Gasteiger charge is 2.29. The van der Waals surface area contributed by atoms with Crippen LogP contribution in [0.25, 0.3) is 11.8 Å². The van der Waals surface area contributed by atoms with Crippen LogP contribution in [0.2, 0.25) is 0 Å². The van der Waals surface area contributed by atoms with Gasteiger partial charge < -0.3 is 25.1 Å². The van der Waals surface area contributed by atoms with Gasteiger partial charge in [0.2, 0.25) is 0 Å². The van der Waals surface area contributed by atoms with Crippen LogP contribution in [-0.2, 0) is 4.74 Å². The lowest BCUT2D eigenvalue weighted by molar-refractivity contribution is 0.0717. The van der Waals surface area contributed by atoms with Crippen molar-refractivity contribution in [1.82, 2.24) is 0 Å². The number of ether oxygens (including phenoxy) is 3. The quantitative estimate of drug-likeness (QED) is 0.514. The van der Waals surface area contributed by atoms with E-state index in [2.05, 4.69) is 0 Å². The summed E-state index contributed by atoms with van der Waals surface area (Å²) in [6.07, 6.45) is 1.60. The zero-order valence-electron chi connectivity index (χ0n) is 12.6. The van der Waals surface area contributed by atoms with Crippen molar-refractivity contribution in [2.24, 2.45) is 0 Å². The Bertz CT molecular complexity index is 826. The Morgan fingerprint density at radius 3 is 2.39 bits per heavy atom. The van der Waals surface area contributed by atoms with Crippen molar-refractivity contribution >= 4 is 23.5 Å². The summed E-state index contributed by atoms with van der Waals surface area (Å²) in [4.78, 5) is 12.0. The monoisotopic (exact) mass is 313 g/mol. The van der Waals surface area contributed by atoms with Gasteiger partial charge in [-0.25, -0.2) is 4.79 Å². The molecule has 0 unspecified atom stereocenters. The van der Waals surface area contributed by atoms with E-state index in [1.807, 2.05) is 0 Å². The van der Waals surface area contributed by atoms with Gasteiger partial charge in [0, 0.05) is 16.8 Å². The molecule has 2 aromatic rings. The Kier molecular flexibility index (Phi) is 3.57. The first-order valence-corrected chi connectivity index (χ1v) is 6.82. The molecule has 6 nitrogen and oxygen atoms in total. The molecule has 0 aromatic heterocycles. The molecule has 3 N–H and O–H groups in total. The maximum atomic E-state index is 12.0. The minimum atomic E-state index is -0.481. The summed E-state index contributed by atoms with van der Waals surface area (Å²) in [6.45, 7) is 0. The molecule has 1 heterocycles. The molecule has 23 heavy (non-hydrogen) atoms. The normalized spacial score (nSPS) is 14.5. The average Bonchev–Trinajstić information content (AvgIpc) is 2.85. The number of hydrogen-bond donors (Lipinski definition) is 2. The number of carbonyl (C=O) groups excluding carboxylic acids is 1. The summed E-state index contributed by atoms with van der Waals surface area (Å²) in [6, 6.07) is 7.80. The molecule has 0 saturated heterocycles. The third-order valence-corrected chi connectivity index (χ3v) is 3.57. The molecule has 0 fully saturated rings. The fourth-order valence-corrected chi connectivity index (χ4v) is 2.40. The number of methoxy groups -OCH3 is 2. The summed E-state index contributed by atoms with van der Waals surface area (Å²) in [7, 11) is 3.01. The number of aromatic hydroxyl groups is 1. The second kappa shape index (κ2) is 5.57. The molecule has 0 atom stereocenters. The Hall–Kier alpha value is -3.15. The van der Waals surface area contributed by atoms with Crippen molar-refractivity contribution in [3.8, 4) is 17.2 Å². The molecule has 1 aliphatic rings. The molecule has 0 aliphatic carbocycles. The minimum Gasteiger partial charge on any atom is -0.508 e. The fraction of sp³-hybridized carbons (Fsp3) is 0.118. The fourth-order valence-electron chi connectivity index (χ4n) is 2.40. The highest BCUT2D eigenvalue weighted by molar-refractivity contribution is 6.06. The van der Waals surface area contributed by atoms with Crippen LogP contribution >= 0.6 is 0 Å². The number of anilines is 1. The van der Waals surface area contributed by atoms with Crippen molar-refractivity contribution in [1.29, 1.82) is 0 Å². The number of hydrogen-bond acceptors (Lipinski definition) is 6. The number of carbonyl (C=O) groups is 1. The number of phenolic OH excluding ortho intramolecular Hbond substituents is 1. The Morgan fingerprint density at radius 1 is 1.09 bits per heavy atom. The van der Waals surface area contributed by atoms with Crippen molar-refractivity contribution in [2.75, 3.05) is 20.0 Å². The lowest BCUT2D eigenvalue weighted by atomic mass is 10.0. The van der Waals surface area contributed by atoms with Crippen LogP contribution in [0.5, 0.6) is 17.2 Å². The van der Waals surface area contributed by atoms with Gasteiger partial charge in [-0.3, -0.25) is 0 Å². The van der Waals surface area contributed by atoms with Crippen molar-refractivity contribution < 1.29 is 24.1 Å². The van der Waals surface area contributed by atoms with E-state index in [0.29, 0.717) is 39.6 Å². The number of benzene rings is 2. The van der Waals surface area contributed by atoms with Gasteiger partial charge in [-0.05, 0) is 36.4 Å². The molecule has 6 heteroatoms. The smallest absolute Gasteiger partial charge is 0.344 e. The summed E-state index contributed by atoms with van der Waals surface area (Å²) >= 11 is 0. The van der Waals surface area contributed by atoms with E-state index >= 15 is 0 Å². The zero-order valence-corrected chi connectivity index (χ0v) is 12.6. The van der Waals surface area contributed by atoms with E-state index in [0.717, 1.165) is 0 Å². The predicted octanol–water partition coefficient (Wildman–Crippen LogP) is 2.66. The van der Waals surface area contributed by atoms with Crippen molar-refractivity contribution in [3.05, 3.63) is 47.0 Å². The van der Waals surface area contributed by atoms with Gasteiger partial charge in [0.05, 0.1) is 19.8 Å². The first-order valence-electron chi connectivity index (χ1n) is 6.82. The summed E-state index contributed by atoms with van der Waals surface area (Å²) < 4.78 is 15.8. The van der Waals surface area contributed by atoms with Gasteiger partial charge in [0.25, 0.3) is 0 Å². The van der Waals surface area contributed by atoms with Gasteiger partial charge in [-0.1, -0.05) is 0 Å². The van der Waals surface area contributed by atoms with Gasteiger partial charge in [-0.2, -0.15) is 0 Å². The van der Waals surface area contributed by atoms with E-state index in [4.69, 9.17) is 19.9 Å². The standard InChI is InChI=1S/C17H15NO5/c1-21-15-7-11-12(8-16(15)22-2)17(20)23-14(11)6-9-5-10(19)3-4-13(9)18/h3-8,19H,18H2,1-2H3. The number of cyclic esters (lactones) is 1. The topological polar surface area (TPSA) is 91.0 Å². The molecule has 0 bridgehead atoms. The number of nitrogens with two attached hydrogens (primary N) is 1. The third-order valence-electron chi connectivity index (χ3n) is 3.57. The average molecular weight is 313 g/mol. The van der Waals surface area contributed by atoms with Crippen LogP contribution < -0.4 is 15.2 Å². The highest BCUT2D eigenvalue weighted by atomic mass is 16.5. The number of rotatable bonds is 3. The van der Waals surface area contributed by atoms with Crippen LogP contribution in [-0.4, -0.2) is 25.3 Å². The number of esters is 1. The molecule has 0 saturated carbocycles. The molecule has 0 amide bonds. The largest absolute Gasteiger partial charge is 0.508 e. The number of phenols is 1. The van der Waals surface area contributed by atoms with Crippen molar-refractivity contribution in [2.45, 2.75) is 0 Å². The maximum Gasteiger partial charge on any atom is 0.344 e. The Labute approximate surface area is 132 Å². The van der Waals surface area contributed by atoms with Crippen LogP contribution in [0, 0.1) is 0 Å². The highest BCUT2D eigenvalue weighted by Crippen LogP contribution is 2.39. The number of fused-ring (bicyclic) bond motifs is 1. The van der Waals surface area contributed by atoms with Crippen LogP contribution in [0.3, 0.4) is 0 Å². The molecule has 0 spiro atoms. The summed E-state index contributed by atoms with van der Waals surface area (Å²) in [5.74, 6) is 0.859. The Morgan fingerprint density at radius 2 is 1.74 bits per heavy atom. The van der Waals surface area contributed by atoms with Gasteiger partial charge in [-0.15, -0.1) is 0 Å². The first kappa shape index (κ1) is 14.8. The van der Waals surface area contributed by atoms with Gasteiger partial charge in [0.15, 0.2) is 11.5 Å². The van der Waals surface area contributed by atoms with E-state index < -0.39 is 5.97 Å². The lowest BCUT2D eigenvalue weighted by Crippen LogP contribution is -1.96.